The average molecular weight is 395 g/mol. The molecule has 3 N–H and O–H groups in total. The lowest BCUT2D eigenvalue weighted by molar-refractivity contribution is 0.0690. The zero-order valence-electron chi connectivity index (χ0n) is 16.5. The van der Waals surface area contributed by atoms with Gasteiger partial charge in [0.25, 0.3) is 11.5 Å². The predicted octanol–water partition coefficient (Wildman–Crippen LogP) is 2.51. The number of anilines is 1. The van der Waals surface area contributed by atoms with E-state index in [0.29, 0.717) is 11.3 Å². The average Bonchev–Trinajstić information content (AvgIpc) is 3.13. The van der Waals surface area contributed by atoms with Gasteiger partial charge in [-0.25, -0.2) is 9.48 Å². The molecule has 0 saturated heterocycles. The molecule has 0 radical (unpaired) electrons. The number of aromatic amines is 1. The summed E-state index contributed by atoms with van der Waals surface area (Å²) in [5.74, 6) is -1.66. The lowest BCUT2D eigenvalue weighted by Crippen LogP contribution is -2.22. The lowest BCUT2D eigenvalue weighted by Gasteiger charge is -2.19. The van der Waals surface area contributed by atoms with Crippen molar-refractivity contribution < 1.29 is 14.7 Å². The van der Waals surface area contributed by atoms with Gasteiger partial charge in [-0.1, -0.05) is 32.1 Å². The van der Waals surface area contributed by atoms with E-state index in [2.05, 4.69) is 20.6 Å². The summed E-state index contributed by atoms with van der Waals surface area (Å²) in [4.78, 5) is 38.5. The summed E-state index contributed by atoms with van der Waals surface area (Å²) in [5, 5.41) is 19.0. The standard InChI is InChI=1S/C20H21N5O4/c1-11-5-6-12(7-16(11)25-10-15(19(28)29)23-24-25)17(26)22-14-8-13(20(2,3)4)9-21-18(14)27/h5-10H,1-4H3,(H,21,27)(H,22,26)(H,28,29). The molecule has 29 heavy (non-hydrogen) atoms. The summed E-state index contributed by atoms with van der Waals surface area (Å²) < 4.78 is 1.29. The van der Waals surface area contributed by atoms with Crippen molar-refractivity contribution in [3.05, 3.63) is 69.4 Å². The van der Waals surface area contributed by atoms with Gasteiger partial charge in [0.2, 0.25) is 0 Å². The van der Waals surface area contributed by atoms with E-state index in [1.54, 1.807) is 37.4 Å². The third kappa shape index (κ3) is 4.23. The highest BCUT2D eigenvalue weighted by molar-refractivity contribution is 6.04. The molecule has 0 fully saturated rings. The van der Waals surface area contributed by atoms with Crippen molar-refractivity contribution in [3.63, 3.8) is 0 Å². The maximum atomic E-state index is 12.7. The molecule has 3 aromatic rings. The quantitative estimate of drug-likeness (QED) is 0.622. The summed E-state index contributed by atoms with van der Waals surface area (Å²) in [6, 6.07) is 6.54. The molecule has 2 aromatic heterocycles. The van der Waals surface area contributed by atoms with E-state index in [0.717, 1.165) is 11.1 Å². The predicted molar refractivity (Wildman–Crippen MR) is 107 cm³/mol. The molecule has 9 nitrogen and oxygen atoms in total. The largest absolute Gasteiger partial charge is 0.476 e. The van der Waals surface area contributed by atoms with Crippen LogP contribution in [-0.2, 0) is 5.41 Å². The summed E-state index contributed by atoms with van der Waals surface area (Å²) in [6.07, 6.45) is 2.90. The van der Waals surface area contributed by atoms with Gasteiger partial charge in [0.05, 0.1) is 11.9 Å². The van der Waals surface area contributed by atoms with Crippen molar-refractivity contribution in [1.82, 2.24) is 20.0 Å². The molecule has 2 heterocycles. The zero-order chi connectivity index (χ0) is 21.3. The molecular formula is C20H21N5O4. The first kappa shape index (κ1) is 20.0. The molecule has 150 valence electrons. The highest BCUT2D eigenvalue weighted by atomic mass is 16.4. The summed E-state index contributed by atoms with van der Waals surface area (Å²) >= 11 is 0. The number of aromatic carboxylic acids is 1. The first-order valence-corrected chi connectivity index (χ1v) is 8.87. The Morgan fingerprint density at radius 3 is 2.55 bits per heavy atom. The summed E-state index contributed by atoms with van der Waals surface area (Å²) in [7, 11) is 0. The number of aromatic nitrogens is 4. The van der Waals surface area contributed by atoms with Crippen molar-refractivity contribution in [3.8, 4) is 5.69 Å². The normalized spacial score (nSPS) is 11.3. The number of hydrogen-bond donors (Lipinski definition) is 3. The minimum absolute atomic E-state index is 0.151. The van der Waals surface area contributed by atoms with Crippen LogP contribution in [0.1, 0.15) is 52.7 Å². The number of benzene rings is 1. The van der Waals surface area contributed by atoms with E-state index in [9.17, 15) is 14.4 Å². The SMILES string of the molecule is Cc1ccc(C(=O)Nc2cc(C(C)(C)C)c[nH]c2=O)cc1-n1cc(C(=O)O)nn1. The first-order chi connectivity index (χ1) is 13.6. The number of H-pyrrole nitrogens is 1. The minimum atomic E-state index is -1.19. The second kappa shape index (κ2) is 7.34. The number of carboxylic acid groups (broad SMARTS) is 1. The number of nitrogens with zero attached hydrogens (tertiary/aromatic N) is 3. The van der Waals surface area contributed by atoms with Crippen LogP contribution < -0.4 is 10.9 Å². The number of rotatable bonds is 4. The smallest absolute Gasteiger partial charge is 0.358 e. The van der Waals surface area contributed by atoms with E-state index in [1.165, 1.54) is 10.9 Å². The first-order valence-electron chi connectivity index (χ1n) is 8.87. The fourth-order valence-electron chi connectivity index (χ4n) is 2.68. The van der Waals surface area contributed by atoms with Gasteiger partial charge < -0.3 is 15.4 Å². The molecule has 0 aliphatic carbocycles. The Morgan fingerprint density at radius 2 is 1.93 bits per heavy atom. The molecule has 3 rings (SSSR count). The summed E-state index contributed by atoms with van der Waals surface area (Å²) in [5.41, 5.74) is 1.80. The fraction of sp³-hybridized carbons (Fsp3) is 0.250. The van der Waals surface area contributed by atoms with Gasteiger partial charge in [-0.05, 0) is 41.7 Å². The second-order valence-corrected chi connectivity index (χ2v) is 7.69. The Morgan fingerprint density at radius 1 is 1.21 bits per heavy atom. The van der Waals surface area contributed by atoms with Gasteiger partial charge >= 0.3 is 5.97 Å². The Labute approximate surface area is 166 Å². The van der Waals surface area contributed by atoms with Crippen LogP contribution in [0, 0.1) is 6.92 Å². The van der Waals surface area contributed by atoms with E-state index >= 15 is 0 Å². The van der Waals surface area contributed by atoms with E-state index < -0.39 is 17.4 Å². The third-order valence-corrected chi connectivity index (χ3v) is 4.45. The highest BCUT2D eigenvalue weighted by Gasteiger charge is 2.18. The number of carbonyl (C=O) groups is 2. The molecule has 9 heteroatoms. The Hall–Kier alpha value is -3.75. The second-order valence-electron chi connectivity index (χ2n) is 7.69. The number of pyridine rings is 1. The Kier molecular flexibility index (Phi) is 5.06. The molecule has 0 unspecified atom stereocenters. The minimum Gasteiger partial charge on any atom is -0.476 e. The molecule has 0 spiro atoms. The van der Waals surface area contributed by atoms with Crippen LogP contribution in [0.15, 0.2) is 41.5 Å². The number of hydrogen-bond acceptors (Lipinski definition) is 5. The zero-order valence-corrected chi connectivity index (χ0v) is 16.5. The number of nitrogens with one attached hydrogen (secondary N) is 2. The van der Waals surface area contributed by atoms with Crippen molar-refractivity contribution in [2.45, 2.75) is 33.1 Å². The molecule has 0 bridgehead atoms. The molecule has 0 aliphatic heterocycles. The maximum absolute atomic E-state index is 12.7. The van der Waals surface area contributed by atoms with Gasteiger partial charge in [0.1, 0.15) is 5.69 Å². The monoisotopic (exact) mass is 395 g/mol. The number of amides is 1. The highest BCUT2D eigenvalue weighted by Crippen LogP contribution is 2.22. The van der Waals surface area contributed by atoms with Crippen LogP contribution in [0.3, 0.4) is 0 Å². The number of aryl methyl sites for hydroxylation is 1. The lowest BCUT2D eigenvalue weighted by atomic mass is 9.88. The van der Waals surface area contributed by atoms with E-state index in [4.69, 9.17) is 5.11 Å². The molecule has 0 saturated carbocycles. The van der Waals surface area contributed by atoms with Crippen molar-refractivity contribution in [2.75, 3.05) is 5.32 Å². The van der Waals surface area contributed by atoms with Crippen molar-refractivity contribution in [1.29, 1.82) is 0 Å². The maximum Gasteiger partial charge on any atom is 0.358 e. The van der Waals surface area contributed by atoms with Crippen LogP contribution in [0.5, 0.6) is 0 Å². The van der Waals surface area contributed by atoms with Gasteiger partial charge in [-0.15, -0.1) is 5.10 Å². The topological polar surface area (TPSA) is 130 Å². The fourth-order valence-corrected chi connectivity index (χ4v) is 2.68. The van der Waals surface area contributed by atoms with Crippen LogP contribution in [-0.4, -0.2) is 37.0 Å². The van der Waals surface area contributed by atoms with E-state index in [1.807, 2.05) is 20.8 Å². The van der Waals surface area contributed by atoms with Gasteiger partial charge in [0, 0.05) is 11.8 Å². The van der Waals surface area contributed by atoms with Crippen LogP contribution in [0.2, 0.25) is 0 Å². The van der Waals surface area contributed by atoms with Crippen LogP contribution in [0.4, 0.5) is 5.69 Å². The van der Waals surface area contributed by atoms with Gasteiger partial charge in [-0.2, -0.15) is 0 Å². The molecule has 1 aromatic carbocycles. The Bertz CT molecular complexity index is 1150. The number of carbonyl (C=O) groups excluding carboxylic acids is 1. The Balaban J connectivity index is 1.93. The van der Waals surface area contributed by atoms with Gasteiger partial charge in [0.15, 0.2) is 5.69 Å². The third-order valence-electron chi connectivity index (χ3n) is 4.45. The molecular weight excluding hydrogens is 374 g/mol. The molecule has 0 atom stereocenters. The van der Waals surface area contributed by atoms with Crippen LogP contribution in [0.25, 0.3) is 5.69 Å². The number of carboxylic acids is 1. The van der Waals surface area contributed by atoms with Crippen molar-refractivity contribution in [2.24, 2.45) is 0 Å². The van der Waals surface area contributed by atoms with Crippen LogP contribution >= 0.6 is 0 Å². The summed E-state index contributed by atoms with van der Waals surface area (Å²) in [6.45, 7) is 7.81. The van der Waals surface area contributed by atoms with E-state index in [-0.39, 0.29) is 16.8 Å². The van der Waals surface area contributed by atoms with Crippen molar-refractivity contribution >= 4 is 17.6 Å². The molecule has 0 aliphatic rings. The van der Waals surface area contributed by atoms with Gasteiger partial charge in [-0.3, -0.25) is 9.59 Å². The molecule has 1 amide bonds.